The Morgan fingerprint density at radius 2 is 1.27 bits per heavy atom. The van der Waals surface area contributed by atoms with Crippen LogP contribution < -0.4 is 0 Å². The van der Waals surface area contributed by atoms with Gasteiger partial charge in [-0.1, -0.05) is 91.0 Å². The van der Waals surface area contributed by atoms with Crippen LogP contribution >= 0.6 is 0 Å². The summed E-state index contributed by atoms with van der Waals surface area (Å²) in [6, 6.07) is 25.1. The molecule has 0 N–H and O–H groups in total. The van der Waals surface area contributed by atoms with Gasteiger partial charge in [-0.25, -0.2) is 9.59 Å². The van der Waals surface area contributed by atoms with Crippen LogP contribution in [0.25, 0.3) is 0 Å². The van der Waals surface area contributed by atoms with Crippen molar-refractivity contribution in [2.24, 2.45) is 11.8 Å². The van der Waals surface area contributed by atoms with Crippen molar-refractivity contribution >= 4 is 23.6 Å². The number of amides is 1. The fraction of sp³-hybridized carbons (Fsp3) is 0.267. The van der Waals surface area contributed by atoms with E-state index < -0.39 is 36.0 Å². The number of ketones is 2. The minimum absolute atomic E-state index is 0.0000914. The molecule has 2 fully saturated rings. The molecule has 1 aliphatic heterocycles. The maximum atomic E-state index is 13.3. The lowest BCUT2D eigenvalue weighted by Gasteiger charge is -2.28. The molecular formula is C30H27NO6. The van der Waals surface area contributed by atoms with E-state index in [0.29, 0.717) is 5.56 Å². The number of carbonyl (C=O) groups excluding carboxylic acids is 4. The van der Waals surface area contributed by atoms with Gasteiger partial charge in [0.05, 0.1) is 12.0 Å². The van der Waals surface area contributed by atoms with Crippen molar-refractivity contribution in [3.63, 3.8) is 0 Å². The lowest BCUT2D eigenvalue weighted by molar-refractivity contribution is -0.151. The lowest BCUT2D eigenvalue weighted by atomic mass is 9.76. The van der Waals surface area contributed by atoms with E-state index in [2.05, 4.69) is 0 Å². The van der Waals surface area contributed by atoms with Crippen LogP contribution in [0, 0.1) is 11.8 Å². The summed E-state index contributed by atoms with van der Waals surface area (Å²) in [5, 5.41) is 0. The average molecular weight is 498 g/mol. The highest BCUT2D eigenvalue weighted by Crippen LogP contribution is 2.42. The van der Waals surface area contributed by atoms with Gasteiger partial charge in [0.15, 0.2) is 11.6 Å². The number of rotatable bonds is 7. The van der Waals surface area contributed by atoms with Crippen molar-refractivity contribution in [2.75, 3.05) is 0 Å². The number of esters is 1. The third kappa shape index (κ3) is 5.16. The van der Waals surface area contributed by atoms with E-state index in [0.717, 1.165) is 11.1 Å². The SMILES string of the molecule is O=C(c1ccccc1)C1CC2C(=O)C(C1)N(C(=O)OCc1ccccc1)C2C(=O)OCc1ccccc1. The van der Waals surface area contributed by atoms with Crippen LogP contribution in [0.1, 0.15) is 34.3 Å². The van der Waals surface area contributed by atoms with Crippen LogP contribution in [-0.4, -0.2) is 40.6 Å². The van der Waals surface area contributed by atoms with Crippen LogP contribution in [0.2, 0.25) is 0 Å². The van der Waals surface area contributed by atoms with Crippen molar-refractivity contribution in [2.45, 2.75) is 38.1 Å². The molecule has 1 heterocycles. The zero-order valence-electron chi connectivity index (χ0n) is 20.2. The number of carbonyl (C=O) groups is 4. The zero-order chi connectivity index (χ0) is 25.8. The summed E-state index contributed by atoms with van der Waals surface area (Å²) in [6.45, 7) is 0.0148. The molecule has 3 aromatic rings. The Labute approximate surface area is 215 Å². The first-order valence-electron chi connectivity index (χ1n) is 12.4. The van der Waals surface area contributed by atoms with Crippen LogP contribution in [-0.2, 0) is 32.3 Å². The fourth-order valence-corrected chi connectivity index (χ4v) is 5.25. The van der Waals surface area contributed by atoms with Gasteiger partial charge in [0, 0.05) is 11.5 Å². The summed E-state index contributed by atoms with van der Waals surface area (Å²) < 4.78 is 11.1. The van der Waals surface area contributed by atoms with Crippen LogP contribution in [0.15, 0.2) is 91.0 Å². The number of likely N-dealkylation sites (tertiary alicyclic amines) is 1. The second-order valence-electron chi connectivity index (χ2n) is 9.41. The minimum Gasteiger partial charge on any atom is -0.459 e. The molecule has 2 aliphatic rings. The smallest absolute Gasteiger partial charge is 0.411 e. The lowest BCUT2D eigenvalue weighted by Crippen LogP contribution is -2.47. The third-order valence-corrected chi connectivity index (χ3v) is 7.07. The maximum Gasteiger partial charge on any atom is 0.411 e. The molecule has 4 unspecified atom stereocenters. The number of nitrogens with zero attached hydrogens (tertiary/aromatic N) is 1. The molecule has 4 atom stereocenters. The summed E-state index contributed by atoms with van der Waals surface area (Å²) in [5.74, 6) is -2.32. The highest BCUT2D eigenvalue weighted by Gasteiger charge is 2.59. The Kier molecular flexibility index (Phi) is 7.12. The van der Waals surface area contributed by atoms with E-state index in [1.165, 1.54) is 4.90 Å². The van der Waals surface area contributed by atoms with Gasteiger partial charge in [-0.2, -0.15) is 0 Å². The molecule has 0 spiro atoms. The predicted molar refractivity (Wildman–Crippen MR) is 134 cm³/mol. The molecule has 1 amide bonds. The highest BCUT2D eigenvalue weighted by molar-refractivity contribution is 6.04. The Morgan fingerprint density at radius 3 is 1.86 bits per heavy atom. The number of benzene rings is 3. The number of hydrogen-bond donors (Lipinski definition) is 0. The van der Waals surface area contributed by atoms with Crippen LogP contribution in [0.4, 0.5) is 4.79 Å². The largest absolute Gasteiger partial charge is 0.459 e. The second-order valence-corrected chi connectivity index (χ2v) is 9.41. The van der Waals surface area contributed by atoms with E-state index in [1.54, 1.807) is 24.3 Å². The fourth-order valence-electron chi connectivity index (χ4n) is 5.25. The van der Waals surface area contributed by atoms with Crippen molar-refractivity contribution in [3.8, 4) is 0 Å². The molecule has 37 heavy (non-hydrogen) atoms. The molecule has 1 saturated heterocycles. The Morgan fingerprint density at radius 1 is 0.730 bits per heavy atom. The first-order valence-corrected chi connectivity index (χ1v) is 12.4. The van der Waals surface area contributed by atoms with E-state index in [9.17, 15) is 19.2 Å². The van der Waals surface area contributed by atoms with Crippen LogP contribution in [0.5, 0.6) is 0 Å². The molecule has 7 heteroatoms. The quantitative estimate of drug-likeness (QED) is 0.350. The zero-order valence-corrected chi connectivity index (χ0v) is 20.2. The van der Waals surface area contributed by atoms with Gasteiger partial charge in [-0.15, -0.1) is 0 Å². The number of fused-ring (bicyclic) bond motifs is 2. The van der Waals surface area contributed by atoms with Gasteiger partial charge in [0.1, 0.15) is 19.3 Å². The monoisotopic (exact) mass is 497 g/mol. The van der Waals surface area contributed by atoms with E-state index in [4.69, 9.17) is 9.47 Å². The molecule has 1 saturated carbocycles. The number of ether oxygens (including phenoxy) is 2. The average Bonchev–Trinajstić information content (AvgIpc) is 3.09. The first kappa shape index (κ1) is 24.4. The summed E-state index contributed by atoms with van der Waals surface area (Å²) in [7, 11) is 0. The van der Waals surface area contributed by atoms with Crippen molar-refractivity contribution in [1.29, 1.82) is 0 Å². The standard InChI is InChI=1S/C30H27NO6/c32-27(22-14-8-3-9-15-22)23-16-24-26(29(34)36-18-20-10-4-1-5-11-20)31(25(17-23)28(24)33)30(35)37-19-21-12-6-2-7-13-21/h1-15,23-26H,16-19H2. The van der Waals surface area contributed by atoms with Crippen molar-refractivity contribution in [3.05, 3.63) is 108 Å². The van der Waals surface area contributed by atoms with Gasteiger partial charge in [-0.05, 0) is 24.0 Å². The second kappa shape index (κ2) is 10.8. The Balaban J connectivity index is 1.38. The molecule has 3 aromatic carbocycles. The molecule has 2 bridgehead atoms. The van der Waals surface area contributed by atoms with Gasteiger partial charge in [0.25, 0.3) is 0 Å². The molecular weight excluding hydrogens is 470 g/mol. The van der Waals surface area contributed by atoms with Crippen molar-refractivity contribution in [1.82, 2.24) is 4.90 Å². The number of Topliss-reactive ketones (excluding diaryl/α,β-unsaturated/α-hetero) is 2. The van der Waals surface area contributed by atoms with E-state index >= 15 is 0 Å². The highest BCUT2D eigenvalue weighted by atomic mass is 16.6. The summed E-state index contributed by atoms with van der Waals surface area (Å²) in [6.07, 6.45) is -0.443. The maximum absolute atomic E-state index is 13.3. The number of hydrogen-bond acceptors (Lipinski definition) is 6. The van der Waals surface area contributed by atoms with Gasteiger partial charge >= 0.3 is 12.1 Å². The van der Waals surface area contributed by atoms with E-state index in [1.807, 2.05) is 66.7 Å². The molecule has 1 aliphatic carbocycles. The van der Waals surface area contributed by atoms with Gasteiger partial charge < -0.3 is 9.47 Å². The Hall–Kier alpha value is -4.26. The molecule has 5 rings (SSSR count). The van der Waals surface area contributed by atoms with Crippen LogP contribution in [0.3, 0.4) is 0 Å². The minimum atomic E-state index is -1.14. The topological polar surface area (TPSA) is 90.0 Å². The van der Waals surface area contributed by atoms with Gasteiger partial charge in [-0.3, -0.25) is 14.5 Å². The predicted octanol–water partition coefficient (Wildman–Crippen LogP) is 4.60. The third-order valence-electron chi connectivity index (χ3n) is 7.07. The molecule has 188 valence electrons. The first-order chi connectivity index (χ1) is 18.0. The normalized spacial score (nSPS) is 22.4. The Bertz CT molecular complexity index is 1200. The summed E-state index contributed by atoms with van der Waals surface area (Å²) in [4.78, 5) is 54.4. The molecule has 0 aromatic heterocycles. The summed E-state index contributed by atoms with van der Waals surface area (Å²) in [5.41, 5.74) is 2.12. The molecule has 7 nitrogen and oxygen atoms in total. The summed E-state index contributed by atoms with van der Waals surface area (Å²) >= 11 is 0. The molecule has 0 radical (unpaired) electrons. The van der Waals surface area contributed by atoms with Gasteiger partial charge in [0.2, 0.25) is 0 Å². The van der Waals surface area contributed by atoms with Crippen molar-refractivity contribution < 1.29 is 28.7 Å². The van der Waals surface area contributed by atoms with E-state index in [-0.39, 0.29) is 37.6 Å².